The Morgan fingerprint density at radius 2 is 1.51 bits per heavy atom. The number of nitrogens with zero attached hydrogens (tertiary/aromatic N) is 1. The molecule has 0 spiro atoms. The van der Waals surface area contributed by atoms with E-state index in [-0.39, 0.29) is 37.5 Å². The van der Waals surface area contributed by atoms with Crippen LogP contribution >= 0.6 is 12.6 Å². The van der Waals surface area contributed by atoms with Crippen molar-refractivity contribution in [3.63, 3.8) is 0 Å². The number of aliphatic hydroxyl groups excluding tert-OH is 1. The molecule has 1 aromatic rings. The van der Waals surface area contributed by atoms with Gasteiger partial charge in [-0.25, -0.2) is 4.79 Å². The lowest BCUT2D eigenvalue weighted by atomic mass is 10.1. The molecule has 0 aromatic heterocycles. The average molecular weight is 512 g/mol. The first-order chi connectivity index (χ1) is 16.6. The zero-order chi connectivity index (χ0) is 26.4. The van der Waals surface area contributed by atoms with Crippen molar-refractivity contribution in [3.05, 3.63) is 35.9 Å². The molecule has 0 aliphatic carbocycles. The number of benzene rings is 1. The van der Waals surface area contributed by atoms with Crippen LogP contribution in [-0.2, 0) is 25.6 Å². The van der Waals surface area contributed by atoms with Gasteiger partial charge >= 0.3 is 5.97 Å². The lowest BCUT2D eigenvalue weighted by molar-refractivity contribution is -0.141. The number of aliphatic carboxylic acids is 1. The molecule has 0 radical (unpaired) electrons. The van der Waals surface area contributed by atoms with Gasteiger partial charge < -0.3 is 43.4 Å². The smallest absolute Gasteiger partial charge is 0.327 e. The van der Waals surface area contributed by atoms with Gasteiger partial charge in [0.25, 0.3) is 0 Å². The first kappa shape index (κ1) is 29.7. The van der Waals surface area contributed by atoms with Gasteiger partial charge in [-0.1, -0.05) is 30.3 Å². The summed E-state index contributed by atoms with van der Waals surface area (Å²) in [5, 5.41) is 25.9. The van der Waals surface area contributed by atoms with Crippen molar-refractivity contribution < 1.29 is 29.4 Å². The van der Waals surface area contributed by atoms with Crippen molar-refractivity contribution in [3.8, 4) is 0 Å². The second kappa shape index (κ2) is 15.5. The van der Waals surface area contributed by atoms with Crippen LogP contribution in [-0.4, -0.2) is 82.9 Å². The standard InChI is InChI=1S/C21H33N7O6S/c22-13(9-12-5-2-1-3-6-12)17(30)27-15(10-29)19(32)26-14(7-4-8-25-21(23)24)18(31)28-16(11-35)20(33)34/h1-3,5-6,13-16,29,35H,4,7-11,22H2,(H,26,32)(H,27,30)(H,28,31)(H,33,34)(H4,23,24,25). The van der Waals surface area contributed by atoms with Gasteiger partial charge in [0.1, 0.15) is 18.1 Å². The summed E-state index contributed by atoms with van der Waals surface area (Å²) in [5.41, 5.74) is 17.3. The quantitative estimate of drug-likeness (QED) is 0.0506. The van der Waals surface area contributed by atoms with E-state index in [0.29, 0.717) is 0 Å². The molecule has 0 aliphatic heterocycles. The highest BCUT2D eigenvalue weighted by molar-refractivity contribution is 7.80. The molecule has 35 heavy (non-hydrogen) atoms. The predicted molar refractivity (Wildman–Crippen MR) is 132 cm³/mol. The van der Waals surface area contributed by atoms with Gasteiger partial charge in [0, 0.05) is 12.3 Å². The van der Waals surface area contributed by atoms with E-state index in [2.05, 4.69) is 33.6 Å². The average Bonchev–Trinajstić information content (AvgIpc) is 2.82. The monoisotopic (exact) mass is 511 g/mol. The molecule has 0 heterocycles. The van der Waals surface area contributed by atoms with E-state index in [4.69, 9.17) is 22.3 Å². The summed E-state index contributed by atoms with van der Waals surface area (Å²) >= 11 is 3.90. The number of aliphatic imine (C=N–C) groups is 1. The second-order valence-electron chi connectivity index (χ2n) is 7.63. The van der Waals surface area contributed by atoms with Crippen LogP contribution < -0.4 is 33.2 Å². The molecule has 0 aliphatic rings. The minimum absolute atomic E-state index is 0.0485. The molecule has 1 rings (SSSR count). The minimum Gasteiger partial charge on any atom is -0.480 e. The fourth-order valence-corrected chi connectivity index (χ4v) is 3.18. The third-order valence-electron chi connectivity index (χ3n) is 4.83. The number of nitrogens with two attached hydrogens (primary N) is 3. The Balaban J connectivity index is 2.84. The number of aliphatic hydroxyl groups is 1. The van der Waals surface area contributed by atoms with E-state index in [1.165, 1.54) is 0 Å². The van der Waals surface area contributed by atoms with Crippen LogP contribution in [0.25, 0.3) is 0 Å². The zero-order valence-electron chi connectivity index (χ0n) is 19.1. The number of carbonyl (C=O) groups excluding carboxylic acids is 3. The number of hydrogen-bond donors (Lipinski definition) is 9. The Hall–Kier alpha value is -3.36. The van der Waals surface area contributed by atoms with Gasteiger partial charge in [-0.3, -0.25) is 19.4 Å². The van der Waals surface area contributed by atoms with Crippen molar-refractivity contribution in [1.29, 1.82) is 0 Å². The highest BCUT2D eigenvalue weighted by atomic mass is 32.1. The molecule has 0 saturated heterocycles. The summed E-state index contributed by atoms with van der Waals surface area (Å²) in [5.74, 6) is -3.93. The van der Waals surface area contributed by atoms with Crippen LogP contribution in [0.5, 0.6) is 0 Å². The van der Waals surface area contributed by atoms with Gasteiger partial charge in [0.05, 0.1) is 12.6 Å². The summed E-state index contributed by atoms with van der Waals surface area (Å²) < 4.78 is 0. The maximum Gasteiger partial charge on any atom is 0.327 e. The normalized spacial score (nSPS) is 14.0. The van der Waals surface area contributed by atoms with Gasteiger partial charge in [0.2, 0.25) is 17.7 Å². The molecule has 0 fully saturated rings. The molecular weight excluding hydrogens is 478 g/mol. The zero-order valence-corrected chi connectivity index (χ0v) is 20.0. The van der Waals surface area contributed by atoms with Crippen LogP contribution in [0, 0.1) is 0 Å². The molecule has 0 saturated carbocycles. The summed E-state index contributed by atoms with van der Waals surface area (Å²) in [6.07, 6.45) is 0.530. The summed E-state index contributed by atoms with van der Waals surface area (Å²) in [6, 6.07) is 4.15. The Bertz CT molecular complexity index is 882. The number of carbonyl (C=O) groups is 4. The number of hydrogen-bond acceptors (Lipinski definition) is 8. The molecule has 14 heteroatoms. The van der Waals surface area contributed by atoms with Crippen LogP contribution in [0.4, 0.5) is 0 Å². The third kappa shape index (κ3) is 11.1. The van der Waals surface area contributed by atoms with E-state index >= 15 is 0 Å². The first-order valence-electron chi connectivity index (χ1n) is 10.8. The van der Waals surface area contributed by atoms with Crippen LogP contribution in [0.3, 0.4) is 0 Å². The molecule has 4 atom stereocenters. The van der Waals surface area contributed by atoms with E-state index in [1.54, 1.807) is 24.3 Å². The summed E-state index contributed by atoms with van der Waals surface area (Å²) in [4.78, 5) is 52.9. The Morgan fingerprint density at radius 1 is 0.943 bits per heavy atom. The Kier molecular flexibility index (Phi) is 13.2. The molecule has 4 unspecified atom stereocenters. The van der Waals surface area contributed by atoms with Crippen molar-refractivity contribution in [1.82, 2.24) is 16.0 Å². The fraction of sp³-hybridized carbons (Fsp3) is 0.476. The molecule has 3 amide bonds. The van der Waals surface area contributed by atoms with E-state index in [9.17, 15) is 24.3 Å². The maximum atomic E-state index is 12.7. The Morgan fingerprint density at radius 3 is 2.06 bits per heavy atom. The number of amides is 3. The lowest BCUT2D eigenvalue weighted by Gasteiger charge is -2.24. The van der Waals surface area contributed by atoms with Gasteiger partial charge in [0.15, 0.2) is 5.96 Å². The highest BCUT2D eigenvalue weighted by Gasteiger charge is 2.29. The highest BCUT2D eigenvalue weighted by Crippen LogP contribution is 2.04. The first-order valence-corrected chi connectivity index (χ1v) is 11.4. The minimum atomic E-state index is -1.39. The molecule has 194 valence electrons. The summed E-state index contributed by atoms with van der Waals surface area (Å²) in [7, 11) is 0. The van der Waals surface area contributed by atoms with Crippen LogP contribution in [0.1, 0.15) is 18.4 Å². The predicted octanol–water partition coefficient (Wildman–Crippen LogP) is -2.93. The lowest BCUT2D eigenvalue weighted by Crippen LogP contribution is -2.58. The van der Waals surface area contributed by atoms with Crippen molar-refractivity contribution in [2.24, 2.45) is 22.2 Å². The van der Waals surface area contributed by atoms with Crippen LogP contribution in [0.2, 0.25) is 0 Å². The van der Waals surface area contributed by atoms with Gasteiger partial charge in [-0.2, -0.15) is 12.6 Å². The third-order valence-corrected chi connectivity index (χ3v) is 5.19. The second-order valence-corrected chi connectivity index (χ2v) is 8.00. The summed E-state index contributed by atoms with van der Waals surface area (Å²) in [6.45, 7) is -0.599. The van der Waals surface area contributed by atoms with Crippen LogP contribution in [0.15, 0.2) is 35.3 Å². The number of guanidine groups is 1. The number of rotatable bonds is 15. The number of carboxylic acid groups (broad SMARTS) is 1. The maximum absolute atomic E-state index is 12.7. The van der Waals surface area contributed by atoms with Gasteiger partial charge in [-0.15, -0.1) is 0 Å². The molecular formula is C21H33N7O6S. The van der Waals surface area contributed by atoms with Crippen molar-refractivity contribution in [2.45, 2.75) is 43.4 Å². The van der Waals surface area contributed by atoms with Crippen molar-refractivity contribution >= 4 is 42.3 Å². The largest absolute Gasteiger partial charge is 0.480 e. The van der Waals surface area contributed by atoms with E-state index in [1.807, 2.05) is 6.07 Å². The SMILES string of the molecule is NC(N)=NCCCC(NC(=O)C(CO)NC(=O)C(N)Cc1ccccc1)C(=O)NC(CS)C(=O)O. The van der Waals surface area contributed by atoms with E-state index < -0.39 is 54.5 Å². The molecule has 1 aromatic carbocycles. The number of carboxylic acids is 1. The fourth-order valence-electron chi connectivity index (χ4n) is 2.94. The Labute approximate surface area is 208 Å². The topological polar surface area (TPSA) is 235 Å². The molecule has 11 N–H and O–H groups in total. The molecule has 0 bridgehead atoms. The van der Waals surface area contributed by atoms with Crippen molar-refractivity contribution in [2.75, 3.05) is 18.9 Å². The number of thiol groups is 1. The van der Waals surface area contributed by atoms with Gasteiger partial charge in [-0.05, 0) is 24.8 Å². The number of nitrogens with one attached hydrogen (secondary N) is 3. The van der Waals surface area contributed by atoms with E-state index in [0.717, 1.165) is 5.56 Å². The molecule has 13 nitrogen and oxygen atoms in total.